The van der Waals surface area contributed by atoms with Crippen LogP contribution in [0.1, 0.15) is 16.7 Å². The molecule has 5 heteroatoms. The maximum atomic E-state index is 13.0. The van der Waals surface area contributed by atoms with E-state index in [2.05, 4.69) is 0 Å². The number of thiocarbonyl (C=S) groups is 1. The average molecular weight is 343 g/mol. The number of carbonyl (C=O) groups excluding carboxylic acids is 1. The number of anilines is 1. The molecule has 0 saturated carbocycles. The second-order valence-corrected chi connectivity index (χ2v) is 7.03. The summed E-state index contributed by atoms with van der Waals surface area (Å²) in [6.07, 6.45) is 1.74. The molecule has 116 valence electrons. The van der Waals surface area contributed by atoms with E-state index < -0.39 is 0 Å². The van der Waals surface area contributed by atoms with Gasteiger partial charge in [-0.15, -0.1) is 0 Å². The molecule has 0 N–H and O–H groups in total. The number of carbonyl (C=O) groups is 1. The number of benzene rings is 2. The number of thioether (sulfide) groups is 1. The van der Waals surface area contributed by atoms with Crippen LogP contribution in [0, 0.1) is 19.7 Å². The number of amides is 1. The highest BCUT2D eigenvalue weighted by molar-refractivity contribution is 8.27. The summed E-state index contributed by atoms with van der Waals surface area (Å²) in [4.78, 5) is 14.8. The van der Waals surface area contributed by atoms with E-state index in [-0.39, 0.29) is 11.7 Å². The molecule has 0 radical (unpaired) electrons. The average Bonchev–Trinajstić information content (AvgIpc) is 2.78. The lowest BCUT2D eigenvalue weighted by atomic mass is 10.1. The first-order chi connectivity index (χ1) is 11.0. The van der Waals surface area contributed by atoms with Crippen molar-refractivity contribution in [2.75, 3.05) is 4.90 Å². The first-order valence-corrected chi connectivity index (χ1v) is 8.29. The number of halogens is 1. The highest BCUT2D eigenvalue weighted by atomic mass is 32.2. The van der Waals surface area contributed by atoms with Gasteiger partial charge in [0, 0.05) is 0 Å². The zero-order valence-electron chi connectivity index (χ0n) is 12.7. The molecule has 0 aromatic heterocycles. The Morgan fingerprint density at radius 3 is 2.52 bits per heavy atom. The van der Waals surface area contributed by atoms with Crippen LogP contribution in [0.25, 0.3) is 6.08 Å². The fourth-order valence-corrected chi connectivity index (χ4v) is 3.63. The zero-order valence-corrected chi connectivity index (χ0v) is 14.3. The van der Waals surface area contributed by atoms with Gasteiger partial charge in [0.05, 0.1) is 10.6 Å². The highest BCUT2D eigenvalue weighted by Gasteiger charge is 2.34. The third-order valence-corrected chi connectivity index (χ3v) is 4.87. The molecule has 0 atom stereocenters. The van der Waals surface area contributed by atoms with E-state index in [0.717, 1.165) is 22.4 Å². The fraction of sp³-hybridized carbons (Fsp3) is 0.111. The van der Waals surface area contributed by atoms with Gasteiger partial charge in [-0.2, -0.15) is 0 Å². The van der Waals surface area contributed by atoms with Crippen LogP contribution in [0.15, 0.2) is 47.4 Å². The summed E-state index contributed by atoms with van der Waals surface area (Å²) < 4.78 is 13.5. The van der Waals surface area contributed by atoms with Gasteiger partial charge in [-0.05, 0) is 54.8 Å². The molecule has 1 fully saturated rings. The SMILES string of the molecule is Cc1ccc(C)c(N2C(=O)C(=Cc3ccc(F)cc3)SC2=S)c1. The summed E-state index contributed by atoms with van der Waals surface area (Å²) in [6.45, 7) is 3.94. The van der Waals surface area contributed by atoms with Gasteiger partial charge in [0.25, 0.3) is 5.91 Å². The predicted molar refractivity (Wildman–Crippen MR) is 98.0 cm³/mol. The lowest BCUT2D eigenvalue weighted by Gasteiger charge is -2.17. The molecule has 0 bridgehead atoms. The van der Waals surface area contributed by atoms with Crippen molar-refractivity contribution >= 4 is 46.0 Å². The van der Waals surface area contributed by atoms with Gasteiger partial charge < -0.3 is 0 Å². The van der Waals surface area contributed by atoms with Crippen molar-refractivity contribution in [3.8, 4) is 0 Å². The minimum absolute atomic E-state index is 0.141. The number of hydrogen-bond donors (Lipinski definition) is 0. The van der Waals surface area contributed by atoms with E-state index in [0.29, 0.717) is 9.23 Å². The van der Waals surface area contributed by atoms with Crippen molar-refractivity contribution in [1.82, 2.24) is 0 Å². The monoisotopic (exact) mass is 343 g/mol. The Hall–Kier alpha value is -1.98. The van der Waals surface area contributed by atoms with Gasteiger partial charge in [0.1, 0.15) is 5.82 Å². The molecule has 0 spiro atoms. The van der Waals surface area contributed by atoms with Crippen LogP contribution >= 0.6 is 24.0 Å². The third kappa shape index (κ3) is 3.21. The van der Waals surface area contributed by atoms with E-state index in [9.17, 15) is 9.18 Å². The van der Waals surface area contributed by atoms with Gasteiger partial charge in [0.15, 0.2) is 4.32 Å². The summed E-state index contributed by atoms with van der Waals surface area (Å²) in [5.74, 6) is -0.442. The number of aryl methyl sites for hydroxylation is 2. The number of hydrogen-bond acceptors (Lipinski definition) is 3. The minimum Gasteiger partial charge on any atom is -0.268 e. The number of rotatable bonds is 2. The molecule has 0 unspecified atom stereocenters. The Balaban J connectivity index is 1.97. The standard InChI is InChI=1S/C18H14FNOS2/c1-11-3-4-12(2)15(9-11)20-17(21)16(23-18(20)22)10-13-5-7-14(19)8-6-13/h3-10H,1-2H3. The predicted octanol–water partition coefficient (Wildman–Crippen LogP) is 4.85. The first-order valence-electron chi connectivity index (χ1n) is 7.06. The van der Waals surface area contributed by atoms with E-state index in [4.69, 9.17) is 12.2 Å². The third-order valence-electron chi connectivity index (χ3n) is 3.57. The molecule has 0 aliphatic carbocycles. The van der Waals surface area contributed by atoms with Gasteiger partial charge >= 0.3 is 0 Å². The van der Waals surface area contributed by atoms with Crippen LogP contribution in [-0.2, 0) is 4.79 Å². The molecule has 1 aliphatic rings. The van der Waals surface area contributed by atoms with Crippen molar-refractivity contribution in [1.29, 1.82) is 0 Å². The van der Waals surface area contributed by atoms with Crippen molar-refractivity contribution in [2.24, 2.45) is 0 Å². The summed E-state index contributed by atoms with van der Waals surface area (Å²) >= 11 is 6.65. The van der Waals surface area contributed by atoms with Crippen molar-refractivity contribution < 1.29 is 9.18 Å². The van der Waals surface area contributed by atoms with Crippen LogP contribution in [0.2, 0.25) is 0 Å². The fourth-order valence-electron chi connectivity index (χ4n) is 2.35. The molecule has 1 heterocycles. The topological polar surface area (TPSA) is 20.3 Å². The Labute approximate surface area is 144 Å². The summed E-state index contributed by atoms with van der Waals surface area (Å²) in [5.41, 5.74) is 3.65. The summed E-state index contributed by atoms with van der Waals surface area (Å²) in [7, 11) is 0. The van der Waals surface area contributed by atoms with Gasteiger partial charge in [-0.25, -0.2) is 4.39 Å². The van der Waals surface area contributed by atoms with Gasteiger partial charge in [-0.1, -0.05) is 48.2 Å². The van der Waals surface area contributed by atoms with Gasteiger partial charge in [-0.3, -0.25) is 9.69 Å². The van der Waals surface area contributed by atoms with Crippen LogP contribution < -0.4 is 4.90 Å². The quantitative estimate of drug-likeness (QED) is 0.574. The van der Waals surface area contributed by atoms with E-state index >= 15 is 0 Å². The summed E-state index contributed by atoms with van der Waals surface area (Å²) in [5, 5.41) is 0. The molecule has 2 aromatic rings. The number of nitrogens with zero attached hydrogens (tertiary/aromatic N) is 1. The van der Waals surface area contributed by atoms with E-state index in [1.165, 1.54) is 23.9 Å². The normalized spacial score (nSPS) is 16.5. The van der Waals surface area contributed by atoms with Crippen LogP contribution in [-0.4, -0.2) is 10.2 Å². The Morgan fingerprint density at radius 1 is 1.13 bits per heavy atom. The molecular weight excluding hydrogens is 329 g/mol. The molecule has 1 saturated heterocycles. The molecule has 3 rings (SSSR count). The maximum absolute atomic E-state index is 13.0. The van der Waals surface area contributed by atoms with Crippen molar-refractivity contribution in [3.63, 3.8) is 0 Å². The largest absolute Gasteiger partial charge is 0.270 e. The van der Waals surface area contributed by atoms with Gasteiger partial charge in [0.2, 0.25) is 0 Å². The molecule has 2 aromatic carbocycles. The maximum Gasteiger partial charge on any atom is 0.270 e. The molecule has 1 aliphatic heterocycles. The Morgan fingerprint density at radius 2 is 1.83 bits per heavy atom. The van der Waals surface area contributed by atoms with Crippen LogP contribution in [0.5, 0.6) is 0 Å². The van der Waals surface area contributed by atoms with Crippen LogP contribution in [0.3, 0.4) is 0 Å². The smallest absolute Gasteiger partial charge is 0.268 e. The van der Waals surface area contributed by atoms with E-state index in [1.807, 2.05) is 32.0 Å². The lowest BCUT2D eigenvalue weighted by molar-refractivity contribution is -0.113. The lowest BCUT2D eigenvalue weighted by Crippen LogP contribution is -2.28. The highest BCUT2D eigenvalue weighted by Crippen LogP contribution is 2.37. The van der Waals surface area contributed by atoms with Crippen LogP contribution in [0.4, 0.5) is 10.1 Å². The zero-order chi connectivity index (χ0) is 16.6. The van der Waals surface area contributed by atoms with E-state index in [1.54, 1.807) is 23.1 Å². The minimum atomic E-state index is -0.301. The van der Waals surface area contributed by atoms with Crippen molar-refractivity contribution in [2.45, 2.75) is 13.8 Å². The summed E-state index contributed by atoms with van der Waals surface area (Å²) in [6, 6.07) is 12.0. The molecule has 23 heavy (non-hydrogen) atoms. The Kier molecular flexibility index (Phi) is 4.33. The first kappa shape index (κ1) is 15.9. The molecule has 1 amide bonds. The Bertz CT molecular complexity index is 827. The molecular formula is C18H14FNOS2. The molecule has 2 nitrogen and oxygen atoms in total. The second kappa shape index (κ2) is 6.26. The second-order valence-electron chi connectivity index (χ2n) is 5.36. The van der Waals surface area contributed by atoms with Crippen molar-refractivity contribution in [3.05, 3.63) is 69.9 Å².